The highest BCUT2D eigenvalue weighted by atomic mass is 32.1. The molecule has 326 valence electrons. The third-order valence-electron chi connectivity index (χ3n) is 13.9. The zero-order valence-electron chi connectivity index (χ0n) is 41.2. The summed E-state index contributed by atoms with van der Waals surface area (Å²) in [6, 6.07) is 47.2. The Morgan fingerprint density at radius 1 is 0.462 bits per heavy atom. The molecule has 6 heteroatoms. The Labute approximate surface area is 399 Å². The molecule has 1 heterocycles. The van der Waals surface area contributed by atoms with Crippen molar-refractivity contribution in [2.24, 2.45) is 0 Å². The second kappa shape index (κ2) is 16.4. The maximum absolute atomic E-state index is 6.82. The molecule has 0 amide bonds. The first-order valence-electron chi connectivity index (χ1n) is 23.3. The van der Waals surface area contributed by atoms with E-state index < -0.39 is 5.11 Å². The molecule has 1 aliphatic carbocycles. The molecule has 0 fully saturated rings. The van der Waals surface area contributed by atoms with Gasteiger partial charge in [-0.1, -0.05) is 156 Å². The van der Waals surface area contributed by atoms with Crippen molar-refractivity contribution < 1.29 is 0 Å². The molecule has 0 N–H and O–H groups in total. The molecule has 6 radical (unpaired) electrons. The second-order valence-electron chi connectivity index (χ2n) is 23.1. The Bertz CT molecular complexity index is 2860. The van der Waals surface area contributed by atoms with Crippen LogP contribution in [0.3, 0.4) is 0 Å². The van der Waals surface area contributed by atoms with Gasteiger partial charge in [-0.25, -0.2) is 0 Å². The van der Waals surface area contributed by atoms with Gasteiger partial charge in [-0.05, 0) is 140 Å². The van der Waals surface area contributed by atoms with Crippen molar-refractivity contribution in [2.75, 3.05) is 9.80 Å². The molecule has 6 aromatic carbocycles. The minimum Gasteiger partial charge on any atom is -0.310 e. The fourth-order valence-electron chi connectivity index (χ4n) is 9.49. The molecule has 8 rings (SSSR count). The molecule has 7 aromatic rings. The summed E-state index contributed by atoms with van der Waals surface area (Å²) in [4.78, 5) is 4.78. The molecule has 0 saturated carbocycles. The summed E-state index contributed by atoms with van der Waals surface area (Å²) < 4.78 is 1.22. The Balaban J connectivity index is 1.47. The third-order valence-corrected chi connectivity index (χ3v) is 14.8. The van der Waals surface area contributed by atoms with Crippen LogP contribution < -0.4 is 9.80 Å². The van der Waals surface area contributed by atoms with Gasteiger partial charge in [0.15, 0.2) is 0 Å². The Morgan fingerprint density at radius 2 is 0.985 bits per heavy atom. The van der Waals surface area contributed by atoms with Gasteiger partial charge in [0, 0.05) is 43.8 Å². The minimum absolute atomic E-state index is 0.0104. The van der Waals surface area contributed by atoms with Gasteiger partial charge in [0.1, 0.15) is 0 Å². The molecule has 0 saturated heterocycles. The summed E-state index contributed by atoms with van der Waals surface area (Å²) in [7, 11) is 20.5. The van der Waals surface area contributed by atoms with Gasteiger partial charge in [0.05, 0.1) is 34.9 Å². The molecule has 0 unspecified atom stereocenters. The van der Waals surface area contributed by atoms with Crippen LogP contribution in [-0.2, 0) is 32.2 Å². The number of nitrogens with zero attached hydrogens (tertiary/aromatic N) is 2. The minimum atomic E-state index is -1.64. The van der Waals surface area contributed by atoms with Crippen molar-refractivity contribution in [3.05, 3.63) is 166 Å². The van der Waals surface area contributed by atoms with Crippen molar-refractivity contribution in [2.45, 2.75) is 135 Å². The third kappa shape index (κ3) is 9.27. The van der Waals surface area contributed by atoms with Gasteiger partial charge in [0.2, 0.25) is 0 Å². The van der Waals surface area contributed by atoms with Crippen LogP contribution >= 0.6 is 11.3 Å². The van der Waals surface area contributed by atoms with Crippen LogP contribution in [0.15, 0.2) is 133 Å². The van der Waals surface area contributed by atoms with E-state index in [0.29, 0.717) is 5.56 Å². The predicted molar refractivity (Wildman–Crippen MR) is 287 cm³/mol. The number of hydrogen-bond acceptors (Lipinski definition) is 3. The number of fused-ring (bicyclic) bond motifs is 2. The zero-order valence-corrected chi connectivity index (χ0v) is 42.0. The first kappa shape index (κ1) is 46.6. The second-order valence-corrected chi connectivity index (χ2v) is 24.0. The monoisotopic (exact) mass is 867 g/mol. The average molecular weight is 867 g/mol. The number of thiophene rings is 1. The van der Waals surface area contributed by atoms with Gasteiger partial charge in [-0.2, -0.15) is 0 Å². The first-order chi connectivity index (χ1) is 30.2. The Hall–Kier alpha value is -4.93. The van der Waals surface area contributed by atoms with Gasteiger partial charge in [-0.3, -0.25) is 0 Å². The largest absolute Gasteiger partial charge is 0.310 e. The number of rotatable bonds is 8. The Kier molecular flexibility index (Phi) is 11.8. The van der Waals surface area contributed by atoms with Crippen molar-refractivity contribution in [3.63, 3.8) is 0 Å². The van der Waals surface area contributed by atoms with Crippen molar-refractivity contribution >= 4 is 79.1 Å². The van der Waals surface area contributed by atoms with E-state index >= 15 is 0 Å². The first-order valence-corrected chi connectivity index (χ1v) is 24.2. The van der Waals surface area contributed by atoms with Crippen LogP contribution in [0.4, 0.5) is 34.1 Å². The fourth-order valence-corrected chi connectivity index (χ4v) is 10.4. The number of anilines is 6. The van der Waals surface area contributed by atoms with E-state index in [1.807, 2.05) is 0 Å². The highest BCUT2D eigenvalue weighted by Gasteiger charge is 2.38. The van der Waals surface area contributed by atoms with E-state index in [-0.39, 0.29) is 27.1 Å². The molecule has 1 aromatic heterocycles. The maximum atomic E-state index is 6.82. The zero-order chi connectivity index (χ0) is 47.1. The number of benzene rings is 6. The highest BCUT2D eigenvalue weighted by molar-refractivity contribution is 7.17. The quantitative estimate of drug-likeness (QED) is 0.140. The lowest BCUT2D eigenvalue weighted by atomic mass is 9.40. The van der Waals surface area contributed by atoms with E-state index in [1.54, 1.807) is 11.3 Å². The summed E-state index contributed by atoms with van der Waals surface area (Å²) in [5, 5.41) is 1.83. The molecule has 0 atom stereocenters. The standard InChI is InChI=1S/C59H65B3N2S/c1-54(2,3)39-19-23-43(24-20-39)63(52-37-65-53-28-22-41(34-48(52)53)56(7,8)9)45-31-42(59(60,61)62)32-46(35-45)64(44-25-26-49-50(36-44)58(12,13)30-29-57(49,10)11)51-27-21-40(55(4,5)6)33-47(51)38-17-15-14-16-18-38/h14-28,31-37H,29-30H2,1-13H3. The molecule has 0 bridgehead atoms. The SMILES string of the molecule is [B]C([B])([B])c1cc(N(c2ccc3c(c2)C(C)(C)CCC3(C)C)c2ccc(C(C)(C)C)cc2-c2ccccc2)cc(N(c2ccc(C(C)(C)C)cc2)c2csc3ccc(C(C)(C)C)cc23)c1. The summed E-state index contributed by atoms with van der Waals surface area (Å²) in [6.45, 7) is 30.0. The smallest absolute Gasteiger partial charge is 0.0647 e. The summed E-state index contributed by atoms with van der Waals surface area (Å²) in [6.07, 6.45) is 2.25. The van der Waals surface area contributed by atoms with Crippen LogP contribution in [0, 0.1) is 0 Å². The van der Waals surface area contributed by atoms with E-state index in [9.17, 15) is 0 Å². The normalized spacial score (nSPS) is 15.2. The van der Waals surface area contributed by atoms with Crippen molar-refractivity contribution in [1.29, 1.82) is 0 Å². The molecule has 0 aliphatic heterocycles. The van der Waals surface area contributed by atoms with Crippen LogP contribution in [0.2, 0.25) is 0 Å². The van der Waals surface area contributed by atoms with Gasteiger partial charge >= 0.3 is 0 Å². The van der Waals surface area contributed by atoms with E-state index in [1.165, 1.54) is 37.9 Å². The number of hydrogen-bond donors (Lipinski definition) is 0. The van der Waals surface area contributed by atoms with Crippen molar-refractivity contribution in [3.8, 4) is 11.1 Å². The molecular formula is C59H65B3N2S. The lowest BCUT2D eigenvalue weighted by molar-refractivity contribution is 0.332. The average Bonchev–Trinajstić information content (AvgIpc) is 3.65. The van der Waals surface area contributed by atoms with Crippen LogP contribution in [0.25, 0.3) is 21.2 Å². The molecule has 2 nitrogen and oxygen atoms in total. The summed E-state index contributed by atoms with van der Waals surface area (Å²) >= 11 is 1.76. The van der Waals surface area contributed by atoms with Crippen LogP contribution in [-0.4, -0.2) is 23.5 Å². The molecule has 1 aliphatic rings. The van der Waals surface area contributed by atoms with E-state index in [0.717, 1.165) is 58.1 Å². The summed E-state index contributed by atoms with van der Waals surface area (Å²) in [5.41, 5.74) is 15.5. The molecular weight excluding hydrogens is 801 g/mol. The van der Waals surface area contributed by atoms with E-state index in [2.05, 4.69) is 233 Å². The highest BCUT2D eigenvalue weighted by Crippen LogP contribution is 2.51. The molecule has 0 spiro atoms. The van der Waals surface area contributed by atoms with Gasteiger partial charge in [0.25, 0.3) is 0 Å². The van der Waals surface area contributed by atoms with Gasteiger partial charge < -0.3 is 9.80 Å². The maximum Gasteiger partial charge on any atom is 0.0647 e. The predicted octanol–water partition coefficient (Wildman–Crippen LogP) is 16.4. The Morgan fingerprint density at radius 3 is 1.57 bits per heavy atom. The van der Waals surface area contributed by atoms with Crippen LogP contribution in [0.5, 0.6) is 0 Å². The lowest BCUT2D eigenvalue weighted by Crippen LogP contribution is -2.34. The molecule has 65 heavy (non-hydrogen) atoms. The van der Waals surface area contributed by atoms with Crippen molar-refractivity contribution in [1.82, 2.24) is 0 Å². The fraction of sp³-hybridized carbons (Fsp3) is 0.356. The topological polar surface area (TPSA) is 6.48 Å². The van der Waals surface area contributed by atoms with E-state index in [4.69, 9.17) is 23.5 Å². The van der Waals surface area contributed by atoms with Crippen LogP contribution in [0.1, 0.15) is 136 Å². The van der Waals surface area contributed by atoms with Gasteiger partial charge in [-0.15, -0.1) is 16.4 Å². The lowest BCUT2D eigenvalue weighted by Gasteiger charge is -2.42. The summed E-state index contributed by atoms with van der Waals surface area (Å²) in [5.74, 6) is 0.